The standard InChI is InChI=1S/C21H22BrN3O2S/c1-14-10-12-25(13-11-14)20(27)17-4-2-3-5-18(17)23-21(28)24-19(26)15-6-8-16(22)9-7-15/h2-9,14H,10-13H2,1H3,(H2,23,24,26,28). The van der Waals surface area contributed by atoms with Gasteiger partial charge >= 0.3 is 0 Å². The average Bonchev–Trinajstić information content (AvgIpc) is 2.69. The molecule has 2 aromatic carbocycles. The summed E-state index contributed by atoms with van der Waals surface area (Å²) in [4.78, 5) is 27.1. The van der Waals surface area contributed by atoms with E-state index in [9.17, 15) is 9.59 Å². The first-order chi connectivity index (χ1) is 13.4. The van der Waals surface area contributed by atoms with Crippen molar-refractivity contribution in [2.75, 3.05) is 18.4 Å². The average molecular weight is 460 g/mol. The van der Waals surface area contributed by atoms with Crippen molar-refractivity contribution in [3.05, 3.63) is 64.1 Å². The van der Waals surface area contributed by atoms with Crippen LogP contribution in [0.25, 0.3) is 0 Å². The molecule has 0 unspecified atom stereocenters. The van der Waals surface area contributed by atoms with Crippen molar-refractivity contribution >= 4 is 50.8 Å². The molecule has 0 spiro atoms. The maximum atomic E-state index is 12.9. The third-order valence-corrected chi connectivity index (χ3v) is 5.54. The topological polar surface area (TPSA) is 61.4 Å². The molecule has 0 aliphatic carbocycles. The molecule has 2 N–H and O–H groups in total. The molecule has 5 nitrogen and oxygen atoms in total. The minimum Gasteiger partial charge on any atom is -0.339 e. The van der Waals surface area contributed by atoms with Crippen LogP contribution in [-0.2, 0) is 0 Å². The number of anilines is 1. The predicted molar refractivity (Wildman–Crippen MR) is 119 cm³/mol. The maximum Gasteiger partial charge on any atom is 0.257 e. The van der Waals surface area contributed by atoms with Gasteiger partial charge in [-0.25, -0.2) is 0 Å². The summed E-state index contributed by atoms with van der Waals surface area (Å²) in [5, 5.41) is 5.80. The van der Waals surface area contributed by atoms with Gasteiger partial charge in [-0.3, -0.25) is 14.9 Å². The van der Waals surface area contributed by atoms with Gasteiger partial charge in [0.15, 0.2) is 5.11 Å². The highest BCUT2D eigenvalue weighted by molar-refractivity contribution is 9.10. The summed E-state index contributed by atoms with van der Waals surface area (Å²) < 4.78 is 0.893. The van der Waals surface area contributed by atoms with E-state index in [0.717, 1.165) is 30.4 Å². The Balaban J connectivity index is 1.67. The summed E-state index contributed by atoms with van der Waals surface area (Å²) >= 11 is 8.62. The summed E-state index contributed by atoms with van der Waals surface area (Å²) in [6.45, 7) is 3.74. The molecule has 7 heteroatoms. The van der Waals surface area contributed by atoms with Crippen LogP contribution < -0.4 is 10.6 Å². The Morgan fingerprint density at radius 3 is 2.39 bits per heavy atom. The highest BCUT2D eigenvalue weighted by Crippen LogP contribution is 2.22. The van der Waals surface area contributed by atoms with Crippen LogP contribution in [0, 0.1) is 5.92 Å². The number of rotatable bonds is 3. The van der Waals surface area contributed by atoms with E-state index in [2.05, 4.69) is 33.5 Å². The summed E-state index contributed by atoms with van der Waals surface area (Å²) in [5.74, 6) is 0.328. The van der Waals surface area contributed by atoms with Crippen LogP contribution in [0.1, 0.15) is 40.5 Å². The van der Waals surface area contributed by atoms with Crippen LogP contribution in [-0.4, -0.2) is 34.9 Å². The van der Waals surface area contributed by atoms with Crippen LogP contribution in [0.4, 0.5) is 5.69 Å². The molecular formula is C21H22BrN3O2S. The Kier molecular flexibility index (Phi) is 6.80. The van der Waals surface area contributed by atoms with Gasteiger partial charge < -0.3 is 10.2 Å². The lowest BCUT2D eigenvalue weighted by Crippen LogP contribution is -2.39. The fourth-order valence-corrected chi connectivity index (χ4v) is 3.56. The maximum absolute atomic E-state index is 12.9. The lowest BCUT2D eigenvalue weighted by Gasteiger charge is -2.30. The van der Waals surface area contributed by atoms with Gasteiger partial charge in [-0.1, -0.05) is 35.0 Å². The molecular weight excluding hydrogens is 438 g/mol. The summed E-state index contributed by atoms with van der Waals surface area (Å²) in [6, 6.07) is 14.2. The highest BCUT2D eigenvalue weighted by Gasteiger charge is 2.23. The van der Waals surface area contributed by atoms with Crippen molar-refractivity contribution in [1.82, 2.24) is 10.2 Å². The Hall–Kier alpha value is -2.25. The second-order valence-electron chi connectivity index (χ2n) is 6.94. The molecule has 1 aliphatic rings. The van der Waals surface area contributed by atoms with Gasteiger partial charge in [0, 0.05) is 23.1 Å². The van der Waals surface area contributed by atoms with Crippen LogP contribution >= 0.6 is 28.1 Å². The summed E-state index contributed by atoms with van der Waals surface area (Å²) in [7, 11) is 0. The zero-order valence-corrected chi connectivity index (χ0v) is 18.0. The number of likely N-dealkylation sites (tertiary alicyclic amines) is 1. The number of hydrogen-bond donors (Lipinski definition) is 2. The molecule has 28 heavy (non-hydrogen) atoms. The van der Waals surface area contributed by atoms with E-state index in [1.54, 1.807) is 36.4 Å². The number of benzene rings is 2. The fourth-order valence-electron chi connectivity index (χ4n) is 3.09. The SMILES string of the molecule is CC1CCN(C(=O)c2ccccc2NC(=S)NC(=O)c2ccc(Br)cc2)CC1. The molecule has 0 radical (unpaired) electrons. The molecule has 1 saturated heterocycles. The number of para-hydroxylation sites is 1. The summed E-state index contributed by atoms with van der Waals surface area (Å²) in [6.07, 6.45) is 2.03. The second kappa shape index (κ2) is 9.30. The Bertz CT molecular complexity index is 877. The molecule has 146 valence electrons. The number of nitrogens with zero attached hydrogens (tertiary/aromatic N) is 1. The first kappa shape index (κ1) is 20.5. The molecule has 2 aromatic rings. The second-order valence-corrected chi connectivity index (χ2v) is 8.26. The van der Waals surface area contributed by atoms with Gasteiger partial charge in [-0.05, 0) is 67.4 Å². The fraction of sp³-hybridized carbons (Fsp3) is 0.286. The first-order valence-corrected chi connectivity index (χ1v) is 10.4. The normalized spacial score (nSPS) is 14.4. The predicted octanol–water partition coefficient (Wildman–Crippen LogP) is 4.45. The van der Waals surface area contributed by atoms with Crippen molar-refractivity contribution < 1.29 is 9.59 Å². The van der Waals surface area contributed by atoms with Gasteiger partial charge in [-0.15, -0.1) is 0 Å². The van der Waals surface area contributed by atoms with Gasteiger partial charge in [0.25, 0.3) is 11.8 Å². The molecule has 0 saturated carbocycles. The van der Waals surface area contributed by atoms with Gasteiger partial charge in [0.1, 0.15) is 0 Å². The lowest BCUT2D eigenvalue weighted by molar-refractivity contribution is 0.0698. The minimum absolute atomic E-state index is 0.0166. The van der Waals surface area contributed by atoms with Crippen molar-refractivity contribution in [2.24, 2.45) is 5.92 Å². The van der Waals surface area contributed by atoms with E-state index in [-0.39, 0.29) is 16.9 Å². The number of thiocarbonyl (C=S) groups is 1. The molecule has 0 bridgehead atoms. The van der Waals surface area contributed by atoms with Crippen molar-refractivity contribution in [1.29, 1.82) is 0 Å². The van der Waals surface area contributed by atoms with E-state index in [4.69, 9.17) is 12.2 Å². The third-order valence-electron chi connectivity index (χ3n) is 4.81. The number of carbonyl (C=O) groups is 2. The number of amides is 2. The van der Waals surface area contributed by atoms with E-state index in [0.29, 0.717) is 22.7 Å². The Labute approximate surface area is 178 Å². The quantitative estimate of drug-likeness (QED) is 0.665. The lowest BCUT2D eigenvalue weighted by atomic mass is 9.98. The minimum atomic E-state index is -0.307. The highest BCUT2D eigenvalue weighted by atomic mass is 79.9. The van der Waals surface area contributed by atoms with Crippen LogP contribution in [0.2, 0.25) is 0 Å². The van der Waals surface area contributed by atoms with Gasteiger partial charge in [0.05, 0.1) is 11.3 Å². The number of halogens is 1. The van der Waals surface area contributed by atoms with Gasteiger partial charge in [0.2, 0.25) is 0 Å². The third kappa shape index (κ3) is 5.17. The van der Waals surface area contributed by atoms with Crippen molar-refractivity contribution in [3.63, 3.8) is 0 Å². The number of carbonyl (C=O) groups excluding carboxylic acids is 2. The zero-order valence-electron chi connectivity index (χ0n) is 15.6. The molecule has 0 atom stereocenters. The van der Waals surface area contributed by atoms with E-state index < -0.39 is 0 Å². The van der Waals surface area contributed by atoms with Crippen LogP contribution in [0.15, 0.2) is 53.0 Å². The largest absolute Gasteiger partial charge is 0.339 e. The monoisotopic (exact) mass is 459 g/mol. The Morgan fingerprint density at radius 1 is 1.07 bits per heavy atom. The number of nitrogens with one attached hydrogen (secondary N) is 2. The molecule has 1 heterocycles. The van der Waals surface area contributed by atoms with Crippen molar-refractivity contribution in [2.45, 2.75) is 19.8 Å². The van der Waals surface area contributed by atoms with Crippen LogP contribution in [0.3, 0.4) is 0 Å². The Morgan fingerprint density at radius 2 is 1.71 bits per heavy atom. The van der Waals surface area contributed by atoms with E-state index in [1.807, 2.05) is 17.0 Å². The van der Waals surface area contributed by atoms with E-state index >= 15 is 0 Å². The smallest absolute Gasteiger partial charge is 0.257 e. The number of hydrogen-bond acceptors (Lipinski definition) is 3. The molecule has 1 aliphatic heterocycles. The molecule has 3 rings (SSSR count). The van der Waals surface area contributed by atoms with E-state index in [1.165, 1.54) is 0 Å². The number of piperidine rings is 1. The van der Waals surface area contributed by atoms with Crippen molar-refractivity contribution in [3.8, 4) is 0 Å². The molecule has 2 amide bonds. The summed E-state index contributed by atoms with van der Waals surface area (Å²) in [5.41, 5.74) is 1.64. The zero-order chi connectivity index (χ0) is 20.1. The molecule has 0 aromatic heterocycles. The van der Waals surface area contributed by atoms with Crippen LogP contribution in [0.5, 0.6) is 0 Å². The van der Waals surface area contributed by atoms with Gasteiger partial charge in [-0.2, -0.15) is 0 Å². The first-order valence-electron chi connectivity index (χ1n) is 9.20. The molecule has 1 fully saturated rings.